The molecule has 0 N–H and O–H groups in total. The Morgan fingerprint density at radius 3 is 2.70 bits per heavy atom. The monoisotopic (exact) mass is 135 g/mol. The van der Waals surface area contributed by atoms with Crippen molar-refractivity contribution in [2.24, 2.45) is 11.8 Å². The van der Waals surface area contributed by atoms with Crippen LogP contribution in [0.5, 0.6) is 0 Å². The molecule has 0 fully saturated rings. The maximum atomic E-state index is 3.92. The zero-order valence-corrected chi connectivity index (χ0v) is 6.85. The molecular weight excluding hydrogens is 120 g/mol. The molecule has 2 atom stereocenters. The van der Waals surface area contributed by atoms with Gasteiger partial charge >= 0.3 is 0 Å². The molecule has 0 saturated carbocycles. The van der Waals surface area contributed by atoms with Crippen LogP contribution >= 0.6 is 0 Å². The normalized spacial score (nSPS) is 32.2. The lowest BCUT2D eigenvalue weighted by Crippen LogP contribution is -2.07. The van der Waals surface area contributed by atoms with Gasteiger partial charge in [-0.2, -0.15) is 0 Å². The van der Waals surface area contributed by atoms with Gasteiger partial charge in [-0.3, -0.25) is 0 Å². The van der Waals surface area contributed by atoms with Crippen molar-refractivity contribution in [1.82, 2.24) is 0 Å². The largest absolute Gasteiger partial charge is 0.0995 e. The number of hydrogen-bond donors (Lipinski definition) is 0. The molecular formula is C10H15. The Hall–Kier alpha value is -0.520. The summed E-state index contributed by atoms with van der Waals surface area (Å²) in [5.74, 6) is 1.27. The highest BCUT2D eigenvalue weighted by Crippen LogP contribution is 2.24. The predicted octanol–water partition coefficient (Wildman–Crippen LogP) is 2.97. The van der Waals surface area contributed by atoms with E-state index in [1.807, 2.05) is 0 Å². The molecule has 2 unspecified atom stereocenters. The van der Waals surface area contributed by atoms with Crippen LogP contribution in [0.2, 0.25) is 0 Å². The fraction of sp³-hybridized carbons (Fsp3) is 0.600. The summed E-state index contributed by atoms with van der Waals surface area (Å²) in [6.07, 6.45) is 8.07. The molecule has 0 aromatic heterocycles. The minimum Gasteiger partial charge on any atom is -0.0995 e. The van der Waals surface area contributed by atoms with Gasteiger partial charge in [-0.15, -0.1) is 0 Å². The summed E-state index contributed by atoms with van der Waals surface area (Å²) in [4.78, 5) is 0. The Bertz CT molecular complexity index is 153. The quantitative estimate of drug-likeness (QED) is 0.485. The van der Waals surface area contributed by atoms with Gasteiger partial charge in [0.25, 0.3) is 0 Å². The second-order valence-electron chi connectivity index (χ2n) is 3.29. The van der Waals surface area contributed by atoms with E-state index >= 15 is 0 Å². The van der Waals surface area contributed by atoms with Crippen molar-refractivity contribution in [2.45, 2.75) is 26.7 Å². The Kier molecular flexibility index (Phi) is 2.31. The number of rotatable bonds is 1. The van der Waals surface area contributed by atoms with E-state index < -0.39 is 0 Å². The van der Waals surface area contributed by atoms with Crippen LogP contribution in [-0.4, -0.2) is 0 Å². The van der Waals surface area contributed by atoms with Gasteiger partial charge in [0.1, 0.15) is 0 Å². The second-order valence-corrected chi connectivity index (χ2v) is 3.29. The first-order valence-electron chi connectivity index (χ1n) is 3.95. The van der Waals surface area contributed by atoms with Gasteiger partial charge in [-0.25, -0.2) is 0 Å². The van der Waals surface area contributed by atoms with Gasteiger partial charge in [0.05, 0.1) is 0 Å². The van der Waals surface area contributed by atoms with Gasteiger partial charge in [-0.1, -0.05) is 25.2 Å². The highest BCUT2D eigenvalue weighted by atomic mass is 14.2. The smallest absolute Gasteiger partial charge is 0.00427 e. The summed E-state index contributed by atoms with van der Waals surface area (Å²) in [7, 11) is 0. The molecule has 0 aromatic rings. The zero-order chi connectivity index (χ0) is 7.56. The first-order valence-corrected chi connectivity index (χ1v) is 3.95. The lowest BCUT2D eigenvalue weighted by atomic mass is 9.86. The Labute approximate surface area is 63.6 Å². The standard InChI is InChI=1S/C10H15/c1-8(2)10-6-4-9(3)5-7-10/h4,9-10H,1,5,7H2,2-3H3. The molecule has 0 nitrogen and oxygen atoms in total. The maximum absolute atomic E-state index is 3.92. The average molecular weight is 135 g/mol. The van der Waals surface area contributed by atoms with Crippen molar-refractivity contribution < 1.29 is 0 Å². The van der Waals surface area contributed by atoms with E-state index in [0.29, 0.717) is 5.92 Å². The fourth-order valence-electron chi connectivity index (χ4n) is 1.27. The van der Waals surface area contributed by atoms with Crippen LogP contribution in [0, 0.1) is 17.9 Å². The summed E-state index contributed by atoms with van der Waals surface area (Å²) < 4.78 is 0. The maximum Gasteiger partial charge on any atom is 0.00427 e. The molecule has 1 radical (unpaired) electrons. The minimum absolute atomic E-state index is 0.538. The first kappa shape index (κ1) is 7.59. The zero-order valence-electron chi connectivity index (χ0n) is 6.85. The summed E-state index contributed by atoms with van der Waals surface area (Å²) in [5, 5.41) is 0. The Morgan fingerprint density at radius 2 is 2.30 bits per heavy atom. The molecule has 0 heteroatoms. The third-order valence-electron chi connectivity index (χ3n) is 2.09. The van der Waals surface area contributed by atoms with E-state index in [1.54, 1.807) is 0 Å². The number of allylic oxidation sites excluding steroid dienone is 3. The van der Waals surface area contributed by atoms with E-state index in [4.69, 9.17) is 0 Å². The third kappa shape index (κ3) is 1.73. The van der Waals surface area contributed by atoms with Crippen molar-refractivity contribution in [1.29, 1.82) is 0 Å². The average Bonchev–Trinajstić information content (AvgIpc) is 1.88. The second kappa shape index (κ2) is 3.05. The first-order chi connectivity index (χ1) is 4.70. The van der Waals surface area contributed by atoms with Crippen molar-refractivity contribution in [3.8, 4) is 0 Å². The van der Waals surface area contributed by atoms with Crippen LogP contribution in [0.25, 0.3) is 0 Å². The van der Waals surface area contributed by atoms with Crippen LogP contribution < -0.4 is 0 Å². The topological polar surface area (TPSA) is 0 Å². The fourth-order valence-corrected chi connectivity index (χ4v) is 1.27. The summed E-state index contributed by atoms with van der Waals surface area (Å²) in [6.45, 7) is 8.24. The van der Waals surface area contributed by atoms with Crippen molar-refractivity contribution in [3.63, 3.8) is 0 Å². The molecule has 0 heterocycles. The highest BCUT2D eigenvalue weighted by molar-refractivity contribution is 5.05. The molecule has 1 aliphatic carbocycles. The van der Waals surface area contributed by atoms with Gasteiger partial charge in [-0.05, 0) is 31.8 Å². The van der Waals surface area contributed by atoms with E-state index in [2.05, 4.69) is 32.6 Å². The molecule has 0 amide bonds. The summed E-state index contributed by atoms with van der Waals surface area (Å²) in [5.41, 5.74) is 1.25. The third-order valence-corrected chi connectivity index (χ3v) is 2.09. The SMILES string of the molecule is C=C(C)C1[C]=CC(C)CC1. The van der Waals surface area contributed by atoms with Gasteiger partial charge < -0.3 is 0 Å². The summed E-state index contributed by atoms with van der Waals surface area (Å²) >= 11 is 0. The van der Waals surface area contributed by atoms with Crippen LogP contribution in [0.3, 0.4) is 0 Å². The van der Waals surface area contributed by atoms with E-state index in [9.17, 15) is 0 Å². The van der Waals surface area contributed by atoms with Crippen LogP contribution in [0.15, 0.2) is 18.2 Å². The van der Waals surface area contributed by atoms with Gasteiger partial charge in [0, 0.05) is 5.92 Å². The van der Waals surface area contributed by atoms with Crippen LogP contribution in [-0.2, 0) is 0 Å². The lowest BCUT2D eigenvalue weighted by Gasteiger charge is -2.19. The number of hydrogen-bond acceptors (Lipinski definition) is 0. The highest BCUT2D eigenvalue weighted by Gasteiger charge is 2.12. The minimum atomic E-state index is 0.538. The van der Waals surface area contributed by atoms with Crippen molar-refractivity contribution in [2.75, 3.05) is 0 Å². The lowest BCUT2D eigenvalue weighted by molar-refractivity contribution is 0.506. The Balaban J connectivity index is 2.53. The van der Waals surface area contributed by atoms with Crippen molar-refractivity contribution >= 4 is 0 Å². The van der Waals surface area contributed by atoms with Crippen LogP contribution in [0.4, 0.5) is 0 Å². The molecule has 0 aromatic carbocycles. The molecule has 0 aliphatic heterocycles. The molecule has 1 aliphatic rings. The van der Waals surface area contributed by atoms with E-state index in [1.165, 1.54) is 18.4 Å². The van der Waals surface area contributed by atoms with Gasteiger partial charge in [0.15, 0.2) is 0 Å². The predicted molar refractivity (Wildman–Crippen MR) is 44.5 cm³/mol. The van der Waals surface area contributed by atoms with Crippen LogP contribution in [0.1, 0.15) is 26.7 Å². The summed E-state index contributed by atoms with van der Waals surface area (Å²) in [6, 6.07) is 0. The van der Waals surface area contributed by atoms with Gasteiger partial charge in [0.2, 0.25) is 0 Å². The Morgan fingerprint density at radius 1 is 1.60 bits per heavy atom. The van der Waals surface area contributed by atoms with Crippen molar-refractivity contribution in [3.05, 3.63) is 24.3 Å². The molecule has 0 spiro atoms. The molecule has 0 saturated heterocycles. The molecule has 10 heavy (non-hydrogen) atoms. The molecule has 1 rings (SSSR count). The van der Waals surface area contributed by atoms with E-state index in [-0.39, 0.29) is 0 Å². The molecule has 0 bridgehead atoms. The molecule has 55 valence electrons. The van der Waals surface area contributed by atoms with E-state index in [0.717, 1.165) is 5.92 Å².